The predicted octanol–water partition coefficient (Wildman–Crippen LogP) is 3.61. The SMILES string of the molecule is CNc1cc2sc(C3CCC3)nc2cc1OC. The van der Waals surface area contributed by atoms with E-state index < -0.39 is 0 Å². The van der Waals surface area contributed by atoms with Gasteiger partial charge in [0.05, 0.1) is 28.0 Å². The molecule has 1 fully saturated rings. The standard InChI is InChI=1S/C13H16N2OS/c1-14-9-7-12-10(6-11(9)16-2)15-13(17-12)8-4-3-5-8/h6-8,14H,3-5H2,1-2H3. The Morgan fingerprint density at radius 1 is 1.41 bits per heavy atom. The summed E-state index contributed by atoms with van der Waals surface area (Å²) in [5.41, 5.74) is 2.09. The highest BCUT2D eigenvalue weighted by molar-refractivity contribution is 7.18. The van der Waals surface area contributed by atoms with E-state index in [4.69, 9.17) is 9.72 Å². The minimum atomic E-state index is 0.705. The molecule has 0 spiro atoms. The molecule has 0 bridgehead atoms. The number of hydrogen-bond acceptors (Lipinski definition) is 4. The Balaban J connectivity index is 2.08. The lowest BCUT2D eigenvalue weighted by Crippen LogP contribution is -2.07. The Morgan fingerprint density at radius 2 is 2.24 bits per heavy atom. The highest BCUT2D eigenvalue weighted by Gasteiger charge is 2.23. The van der Waals surface area contributed by atoms with Gasteiger partial charge in [-0.05, 0) is 18.9 Å². The quantitative estimate of drug-likeness (QED) is 0.901. The van der Waals surface area contributed by atoms with Gasteiger partial charge in [0.25, 0.3) is 0 Å². The van der Waals surface area contributed by atoms with E-state index in [2.05, 4.69) is 11.4 Å². The van der Waals surface area contributed by atoms with Gasteiger partial charge in [-0.25, -0.2) is 4.98 Å². The number of rotatable bonds is 3. The second-order valence-corrected chi connectivity index (χ2v) is 5.51. The van der Waals surface area contributed by atoms with Crippen LogP contribution < -0.4 is 10.1 Å². The van der Waals surface area contributed by atoms with Crippen molar-refractivity contribution in [3.63, 3.8) is 0 Å². The van der Waals surface area contributed by atoms with Gasteiger partial charge >= 0.3 is 0 Å². The fourth-order valence-corrected chi connectivity index (χ4v) is 3.32. The summed E-state index contributed by atoms with van der Waals surface area (Å²) in [6, 6.07) is 4.16. The number of nitrogens with zero attached hydrogens (tertiary/aromatic N) is 1. The maximum Gasteiger partial charge on any atom is 0.144 e. The molecule has 4 heteroatoms. The van der Waals surface area contributed by atoms with E-state index in [9.17, 15) is 0 Å². The zero-order valence-corrected chi connectivity index (χ0v) is 10.9. The van der Waals surface area contributed by atoms with Crippen molar-refractivity contribution in [1.29, 1.82) is 0 Å². The molecule has 3 nitrogen and oxygen atoms in total. The van der Waals surface area contributed by atoms with Crippen molar-refractivity contribution in [1.82, 2.24) is 4.98 Å². The fraction of sp³-hybridized carbons (Fsp3) is 0.462. The number of aromatic nitrogens is 1. The van der Waals surface area contributed by atoms with Crippen LogP contribution in [0.3, 0.4) is 0 Å². The smallest absolute Gasteiger partial charge is 0.144 e. The van der Waals surface area contributed by atoms with Crippen LogP contribution in [0.1, 0.15) is 30.2 Å². The molecule has 0 amide bonds. The van der Waals surface area contributed by atoms with Gasteiger partial charge in [-0.1, -0.05) is 6.42 Å². The molecule has 3 rings (SSSR count). The minimum absolute atomic E-state index is 0.705. The van der Waals surface area contributed by atoms with Crippen LogP contribution in [-0.4, -0.2) is 19.1 Å². The molecule has 1 aromatic heterocycles. The Bertz CT molecular complexity index is 505. The molecule has 0 unspecified atom stereocenters. The predicted molar refractivity (Wildman–Crippen MR) is 72.3 cm³/mol. The third-order valence-corrected chi connectivity index (χ3v) is 4.63. The third kappa shape index (κ3) is 1.76. The fourth-order valence-electron chi connectivity index (χ4n) is 2.17. The van der Waals surface area contributed by atoms with Crippen LogP contribution in [0.5, 0.6) is 5.75 Å². The number of ether oxygens (including phenoxy) is 1. The summed E-state index contributed by atoms with van der Waals surface area (Å²) in [4.78, 5) is 4.73. The first kappa shape index (κ1) is 10.8. The van der Waals surface area contributed by atoms with E-state index in [1.165, 1.54) is 29.0 Å². The van der Waals surface area contributed by atoms with Gasteiger partial charge in [0.2, 0.25) is 0 Å². The van der Waals surface area contributed by atoms with E-state index >= 15 is 0 Å². The Hall–Kier alpha value is -1.29. The van der Waals surface area contributed by atoms with Crippen LogP contribution in [-0.2, 0) is 0 Å². The van der Waals surface area contributed by atoms with Crippen LogP contribution >= 0.6 is 11.3 Å². The molecule has 0 radical (unpaired) electrons. The van der Waals surface area contributed by atoms with Crippen LogP contribution in [0.15, 0.2) is 12.1 Å². The van der Waals surface area contributed by atoms with Crippen molar-refractivity contribution in [2.75, 3.05) is 19.5 Å². The normalized spacial score (nSPS) is 15.9. The van der Waals surface area contributed by atoms with Crippen molar-refractivity contribution in [3.05, 3.63) is 17.1 Å². The van der Waals surface area contributed by atoms with Gasteiger partial charge < -0.3 is 10.1 Å². The summed E-state index contributed by atoms with van der Waals surface area (Å²) < 4.78 is 6.60. The first-order valence-electron chi connectivity index (χ1n) is 5.98. The molecule has 1 aliphatic carbocycles. The summed E-state index contributed by atoms with van der Waals surface area (Å²) in [5, 5.41) is 4.45. The van der Waals surface area contributed by atoms with E-state index in [1.54, 1.807) is 7.11 Å². The van der Waals surface area contributed by atoms with E-state index in [-0.39, 0.29) is 0 Å². The third-order valence-electron chi connectivity index (χ3n) is 3.45. The molecule has 17 heavy (non-hydrogen) atoms. The first-order valence-corrected chi connectivity index (χ1v) is 6.79. The van der Waals surface area contributed by atoms with E-state index in [0.29, 0.717) is 5.92 Å². The van der Waals surface area contributed by atoms with Gasteiger partial charge in [0.1, 0.15) is 5.75 Å². The molecule has 1 N–H and O–H groups in total. The molecule has 90 valence electrons. The number of fused-ring (bicyclic) bond motifs is 1. The van der Waals surface area contributed by atoms with Crippen molar-refractivity contribution in [2.45, 2.75) is 25.2 Å². The van der Waals surface area contributed by atoms with Gasteiger partial charge in [-0.15, -0.1) is 11.3 Å². The molecule has 0 atom stereocenters. The molecule has 0 saturated heterocycles. The highest BCUT2D eigenvalue weighted by atomic mass is 32.1. The number of methoxy groups -OCH3 is 1. The average molecular weight is 248 g/mol. The molecule has 1 aromatic carbocycles. The molecular weight excluding hydrogens is 232 g/mol. The second kappa shape index (κ2) is 4.18. The number of hydrogen-bond donors (Lipinski definition) is 1. The largest absolute Gasteiger partial charge is 0.495 e. The molecule has 2 aromatic rings. The lowest BCUT2D eigenvalue weighted by atomic mass is 9.86. The Labute approximate surface area is 105 Å². The summed E-state index contributed by atoms with van der Waals surface area (Å²) in [6.45, 7) is 0. The second-order valence-electron chi connectivity index (χ2n) is 4.45. The molecule has 0 aliphatic heterocycles. The van der Waals surface area contributed by atoms with Gasteiger partial charge in [0.15, 0.2) is 0 Å². The monoisotopic (exact) mass is 248 g/mol. The van der Waals surface area contributed by atoms with Crippen molar-refractivity contribution < 1.29 is 4.74 Å². The number of thiazole rings is 1. The highest BCUT2D eigenvalue weighted by Crippen LogP contribution is 2.41. The lowest BCUT2D eigenvalue weighted by molar-refractivity contribution is 0.416. The van der Waals surface area contributed by atoms with Crippen LogP contribution in [0.25, 0.3) is 10.2 Å². The number of anilines is 1. The van der Waals surface area contributed by atoms with Crippen molar-refractivity contribution in [3.8, 4) is 5.75 Å². The summed E-state index contributed by atoms with van der Waals surface area (Å²) in [7, 11) is 3.61. The number of benzene rings is 1. The zero-order valence-electron chi connectivity index (χ0n) is 10.1. The topological polar surface area (TPSA) is 34.2 Å². The first-order chi connectivity index (χ1) is 8.31. The maximum absolute atomic E-state index is 5.36. The molecule has 1 saturated carbocycles. The number of nitrogens with one attached hydrogen (secondary N) is 1. The van der Waals surface area contributed by atoms with Crippen molar-refractivity contribution >= 4 is 27.2 Å². The minimum Gasteiger partial charge on any atom is -0.495 e. The van der Waals surface area contributed by atoms with Crippen LogP contribution in [0.2, 0.25) is 0 Å². The molecule has 1 heterocycles. The summed E-state index contributed by atoms with van der Waals surface area (Å²) >= 11 is 1.82. The summed E-state index contributed by atoms with van der Waals surface area (Å²) in [6.07, 6.45) is 3.96. The van der Waals surface area contributed by atoms with E-state index in [0.717, 1.165) is 17.0 Å². The maximum atomic E-state index is 5.36. The van der Waals surface area contributed by atoms with Crippen LogP contribution in [0, 0.1) is 0 Å². The average Bonchev–Trinajstić information content (AvgIpc) is 2.66. The lowest BCUT2D eigenvalue weighted by Gasteiger charge is -2.22. The Morgan fingerprint density at radius 3 is 2.82 bits per heavy atom. The molecular formula is C13H16N2OS. The Kier molecular flexibility index (Phi) is 2.67. The molecule has 1 aliphatic rings. The zero-order chi connectivity index (χ0) is 11.8. The van der Waals surface area contributed by atoms with Gasteiger partial charge in [-0.2, -0.15) is 0 Å². The summed E-state index contributed by atoms with van der Waals surface area (Å²) in [5.74, 6) is 1.57. The van der Waals surface area contributed by atoms with Gasteiger partial charge in [-0.3, -0.25) is 0 Å². The van der Waals surface area contributed by atoms with Crippen molar-refractivity contribution in [2.24, 2.45) is 0 Å². The van der Waals surface area contributed by atoms with Gasteiger partial charge in [0, 0.05) is 19.0 Å². The van der Waals surface area contributed by atoms with E-state index in [1.807, 2.05) is 24.5 Å². The van der Waals surface area contributed by atoms with Crippen LogP contribution in [0.4, 0.5) is 5.69 Å².